The number of ether oxygens (including phenoxy) is 1. The first-order chi connectivity index (χ1) is 9.23. The molecule has 3 heteroatoms. The van der Waals surface area contributed by atoms with Gasteiger partial charge in [-0.1, -0.05) is 36.4 Å². The van der Waals surface area contributed by atoms with Crippen LogP contribution in [0.15, 0.2) is 42.5 Å². The number of hydrogen-bond acceptors (Lipinski definition) is 3. The van der Waals surface area contributed by atoms with Crippen molar-refractivity contribution in [1.29, 1.82) is 0 Å². The van der Waals surface area contributed by atoms with Gasteiger partial charge in [-0.15, -0.1) is 0 Å². The minimum atomic E-state index is -0.211. The molecule has 19 heavy (non-hydrogen) atoms. The molecule has 2 unspecified atom stereocenters. The molecule has 2 aromatic carbocycles. The Morgan fingerprint density at radius 2 is 2.00 bits per heavy atom. The second-order valence-electron chi connectivity index (χ2n) is 5.47. The third-order valence-electron chi connectivity index (χ3n) is 4.13. The lowest BCUT2D eigenvalue weighted by atomic mass is 9.87. The Kier molecular flexibility index (Phi) is 3.27. The van der Waals surface area contributed by atoms with Crippen molar-refractivity contribution >= 4 is 10.8 Å². The Hall–Kier alpha value is -1.42. The Balaban J connectivity index is 2.01. The van der Waals surface area contributed by atoms with Gasteiger partial charge < -0.3 is 4.74 Å². The standard InChI is InChI=1S/C16H20N2O/c1-16(9-4-10-19-16)15(18-17)14-8-7-12-5-2-3-6-13(12)11-14/h2-3,5-8,11,15,18H,4,9-10,17H2,1H3. The second-order valence-corrected chi connectivity index (χ2v) is 5.47. The molecule has 1 heterocycles. The highest BCUT2D eigenvalue weighted by Gasteiger charge is 2.38. The summed E-state index contributed by atoms with van der Waals surface area (Å²) in [5, 5.41) is 2.49. The van der Waals surface area contributed by atoms with Gasteiger partial charge in [0, 0.05) is 6.61 Å². The molecule has 1 aliphatic rings. The Bertz CT molecular complexity index is 576. The molecule has 0 bridgehead atoms. The van der Waals surface area contributed by atoms with Crippen LogP contribution in [0.2, 0.25) is 0 Å². The molecule has 0 radical (unpaired) electrons. The first kappa shape index (κ1) is 12.6. The van der Waals surface area contributed by atoms with E-state index in [0.29, 0.717) is 0 Å². The number of rotatable bonds is 3. The lowest BCUT2D eigenvalue weighted by Gasteiger charge is -2.33. The summed E-state index contributed by atoms with van der Waals surface area (Å²) in [6.07, 6.45) is 2.14. The highest BCUT2D eigenvalue weighted by Crippen LogP contribution is 2.37. The molecule has 2 atom stereocenters. The fourth-order valence-corrected chi connectivity index (χ4v) is 3.04. The van der Waals surface area contributed by atoms with Crippen molar-refractivity contribution in [3.8, 4) is 0 Å². The largest absolute Gasteiger partial charge is 0.373 e. The van der Waals surface area contributed by atoms with Crippen LogP contribution in [0.5, 0.6) is 0 Å². The van der Waals surface area contributed by atoms with E-state index in [9.17, 15) is 0 Å². The number of nitrogens with two attached hydrogens (primary N) is 1. The predicted molar refractivity (Wildman–Crippen MR) is 77.6 cm³/mol. The van der Waals surface area contributed by atoms with Crippen molar-refractivity contribution in [3.05, 3.63) is 48.0 Å². The number of fused-ring (bicyclic) bond motifs is 1. The molecule has 3 rings (SSSR count). The molecular formula is C16H20N2O. The maximum atomic E-state index is 5.92. The van der Waals surface area contributed by atoms with E-state index >= 15 is 0 Å². The van der Waals surface area contributed by atoms with E-state index < -0.39 is 0 Å². The lowest BCUT2D eigenvalue weighted by molar-refractivity contribution is -0.0125. The Labute approximate surface area is 113 Å². The van der Waals surface area contributed by atoms with Crippen LogP contribution in [0.1, 0.15) is 31.4 Å². The quantitative estimate of drug-likeness (QED) is 0.655. The van der Waals surface area contributed by atoms with Crippen LogP contribution in [0.3, 0.4) is 0 Å². The SMILES string of the molecule is CC1(C(NN)c2ccc3ccccc3c2)CCCO1. The third kappa shape index (κ3) is 2.25. The molecule has 1 saturated heterocycles. The second kappa shape index (κ2) is 4.93. The summed E-state index contributed by atoms with van der Waals surface area (Å²) < 4.78 is 5.92. The highest BCUT2D eigenvalue weighted by molar-refractivity contribution is 5.83. The van der Waals surface area contributed by atoms with Gasteiger partial charge in [0.05, 0.1) is 11.6 Å². The number of benzene rings is 2. The van der Waals surface area contributed by atoms with Crippen LogP contribution in [0.4, 0.5) is 0 Å². The third-order valence-corrected chi connectivity index (χ3v) is 4.13. The minimum absolute atomic E-state index is 0.0274. The fraction of sp³-hybridized carbons (Fsp3) is 0.375. The topological polar surface area (TPSA) is 47.3 Å². The summed E-state index contributed by atoms with van der Waals surface area (Å²) in [5.41, 5.74) is 3.92. The summed E-state index contributed by atoms with van der Waals surface area (Å²) in [7, 11) is 0. The summed E-state index contributed by atoms with van der Waals surface area (Å²) in [4.78, 5) is 0. The van der Waals surface area contributed by atoms with E-state index in [-0.39, 0.29) is 11.6 Å². The molecule has 0 aliphatic carbocycles. The monoisotopic (exact) mass is 256 g/mol. The van der Waals surface area contributed by atoms with Crippen molar-refractivity contribution in [2.75, 3.05) is 6.61 Å². The van der Waals surface area contributed by atoms with Crippen molar-refractivity contribution in [2.24, 2.45) is 5.84 Å². The van der Waals surface area contributed by atoms with Crippen molar-refractivity contribution in [3.63, 3.8) is 0 Å². The summed E-state index contributed by atoms with van der Waals surface area (Å²) in [6.45, 7) is 2.96. The van der Waals surface area contributed by atoms with Gasteiger partial charge in [-0.05, 0) is 42.2 Å². The zero-order valence-electron chi connectivity index (χ0n) is 11.2. The molecule has 3 N–H and O–H groups in total. The van der Waals surface area contributed by atoms with Gasteiger partial charge in [0.15, 0.2) is 0 Å². The van der Waals surface area contributed by atoms with E-state index in [1.807, 2.05) is 0 Å². The number of hydrazine groups is 1. The fourth-order valence-electron chi connectivity index (χ4n) is 3.04. The zero-order chi connectivity index (χ0) is 13.3. The van der Waals surface area contributed by atoms with E-state index in [1.165, 1.54) is 16.3 Å². The molecule has 3 nitrogen and oxygen atoms in total. The lowest BCUT2D eigenvalue weighted by Crippen LogP contribution is -2.44. The molecule has 0 aromatic heterocycles. The summed E-state index contributed by atoms with van der Waals surface area (Å²) >= 11 is 0. The van der Waals surface area contributed by atoms with Gasteiger partial charge in [-0.3, -0.25) is 11.3 Å². The Morgan fingerprint density at radius 1 is 1.21 bits per heavy atom. The van der Waals surface area contributed by atoms with Gasteiger partial charge in [0.2, 0.25) is 0 Å². The van der Waals surface area contributed by atoms with Crippen molar-refractivity contribution in [1.82, 2.24) is 5.43 Å². The summed E-state index contributed by atoms with van der Waals surface area (Å²) in [5.74, 6) is 5.78. The first-order valence-corrected chi connectivity index (χ1v) is 6.82. The average Bonchev–Trinajstić information content (AvgIpc) is 2.87. The van der Waals surface area contributed by atoms with Gasteiger partial charge >= 0.3 is 0 Å². The maximum absolute atomic E-state index is 5.92. The molecule has 0 amide bonds. The highest BCUT2D eigenvalue weighted by atomic mass is 16.5. The Morgan fingerprint density at radius 3 is 2.68 bits per heavy atom. The van der Waals surface area contributed by atoms with Crippen LogP contribution in [0, 0.1) is 0 Å². The molecule has 2 aromatic rings. The molecule has 0 spiro atoms. The van der Waals surface area contributed by atoms with E-state index in [1.54, 1.807) is 0 Å². The number of hydrogen-bond donors (Lipinski definition) is 2. The normalized spacial score (nSPS) is 24.7. The zero-order valence-corrected chi connectivity index (χ0v) is 11.2. The number of nitrogens with one attached hydrogen (secondary N) is 1. The first-order valence-electron chi connectivity index (χ1n) is 6.82. The van der Waals surface area contributed by atoms with E-state index in [4.69, 9.17) is 10.6 Å². The van der Waals surface area contributed by atoms with Gasteiger partial charge in [0.1, 0.15) is 0 Å². The average molecular weight is 256 g/mol. The maximum Gasteiger partial charge on any atom is 0.0862 e. The van der Waals surface area contributed by atoms with Gasteiger partial charge in [-0.2, -0.15) is 0 Å². The molecule has 1 aliphatic heterocycles. The van der Waals surface area contributed by atoms with E-state index in [2.05, 4.69) is 54.8 Å². The molecule has 1 fully saturated rings. The summed E-state index contributed by atoms with van der Waals surface area (Å²) in [6, 6.07) is 14.9. The van der Waals surface area contributed by atoms with Crippen LogP contribution < -0.4 is 11.3 Å². The van der Waals surface area contributed by atoms with Crippen LogP contribution >= 0.6 is 0 Å². The smallest absolute Gasteiger partial charge is 0.0862 e. The van der Waals surface area contributed by atoms with Crippen LogP contribution in [0.25, 0.3) is 10.8 Å². The van der Waals surface area contributed by atoms with Crippen LogP contribution in [-0.4, -0.2) is 12.2 Å². The predicted octanol–water partition coefficient (Wildman–Crippen LogP) is 2.91. The van der Waals surface area contributed by atoms with Crippen LogP contribution in [-0.2, 0) is 4.74 Å². The van der Waals surface area contributed by atoms with Crippen molar-refractivity contribution < 1.29 is 4.74 Å². The molecule has 100 valence electrons. The van der Waals surface area contributed by atoms with Gasteiger partial charge in [0.25, 0.3) is 0 Å². The van der Waals surface area contributed by atoms with E-state index in [0.717, 1.165) is 19.4 Å². The minimum Gasteiger partial charge on any atom is -0.373 e. The van der Waals surface area contributed by atoms with Crippen molar-refractivity contribution in [2.45, 2.75) is 31.4 Å². The molecule has 0 saturated carbocycles. The molecular weight excluding hydrogens is 236 g/mol. The van der Waals surface area contributed by atoms with Gasteiger partial charge in [-0.25, -0.2) is 0 Å².